The number of benzene rings is 1. The van der Waals surface area contributed by atoms with Gasteiger partial charge in [0.2, 0.25) is 0 Å². The third-order valence-electron chi connectivity index (χ3n) is 7.01. The fraction of sp³-hybridized carbons (Fsp3) is 0.333. The molecule has 3 fully saturated rings. The van der Waals surface area contributed by atoms with Gasteiger partial charge in [0.15, 0.2) is 0 Å². The maximum Gasteiger partial charge on any atom is 0.267 e. The number of nitrogens with zero attached hydrogens (tertiary/aromatic N) is 5. The lowest BCUT2D eigenvalue weighted by Crippen LogP contribution is -2.47. The molecule has 3 aromatic rings. The Morgan fingerprint density at radius 1 is 1.03 bits per heavy atom. The van der Waals surface area contributed by atoms with Crippen LogP contribution in [0.1, 0.15) is 18.4 Å². The lowest BCUT2D eigenvalue weighted by molar-refractivity contribution is -0.123. The quantitative estimate of drug-likeness (QED) is 0.365. The number of pyridine rings is 1. The Morgan fingerprint density at radius 3 is 2.54 bits per heavy atom. The number of ether oxygens (including phenoxy) is 1. The first-order chi connectivity index (χ1) is 18.1. The highest BCUT2D eigenvalue weighted by molar-refractivity contribution is 8.26. The van der Waals surface area contributed by atoms with Gasteiger partial charge in [-0.15, -0.1) is 0 Å². The first-order valence-electron chi connectivity index (χ1n) is 12.5. The number of rotatable bonds is 5. The van der Waals surface area contributed by atoms with Crippen LogP contribution < -0.4 is 15.4 Å². The molecule has 8 nitrogen and oxygen atoms in total. The largest absolute Gasteiger partial charge is 0.376 e. The Kier molecular flexibility index (Phi) is 6.71. The topological polar surface area (TPSA) is 70.4 Å². The van der Waals surface area contributed by atoms with E-state index < -0.39 is 0 Å². The molecule has 1 aromatic carbocycles. The van der Waals surface area contributed by atoms with E-state index >= 15 is 0 Å². The summed E-state index contributed by atoms with van der Waals surface area (Å²) in [5, 5.41) is 0. The molecule has 37 heavy (non-hydrogen) atoms. The third kappa shape index (κ3) is 4.76. The number of hydrogen-bond donors (Lipinski definition) is 0. The molecule has 0 aliphatic carbocycles. The highest BCUT2D eigenvalue weighted by Gasteiger charge is 2.35. The fourth-order valence-corrected chi connectivity index (χ4v) is 6.31. The fourth-order valence-electron chi connectivity index (χ4n) is 5.05. The minimum atomic E-state index is -0.199. The zero-order valence-corrected chi connectivity index (χ0v) is 21.9. The second kappa shape index (κ2) is 10.3. The van der Waals surface area contributed by atoms with Crippen LogP contribution in [0.4, 0.5) is 11.5 Å². The van der Waals surface area contributed by atoms with Crippen LogP contribution in [0.25, 0.3) is 11.7 Å². The van der Waals surface area contributed by atoms with E-state index in [4.69, 9.17) is 21.9 Å². The van der Waals surface area contributed by atoms with Crippen molar-refractivity contribution in [3.05, 3.63) is 75.6 Å². The summed E-state index contributed by atoms with van der Waals surface area (Å²) in [5.74, 6) is 0.427. The van der Waals surface area contributed by atoms with Crippen molar-refractivity contribution in [3.8, 4) is 0 Å². The van der Waals surface area contributed by atoms with Crippen molar-refractivity contribution in [2.24, 2.45) is 0 Å². The Morgan fingerprint density at radius 2 is 1.78 bits per heavy atom. The summed E-state index contributed by atoms with van der Waals surface area (Å²) in [7, 11) is 0. The molecule has 0 saturated carbocycles. The first kappa shape index (κ1) is 24.1. The van der Waals surface area contributed by atoms with Crippen LogP contribution in [0, 0.1) is 0 Å². The van der Waals surface area contributed by atoms with Crippen molar-refractivity contribution in [3.63, 3.8) is 0 Å². The van der Waals surface area contributed by atoms with Crippen LogP contribution in [-0.4, -0.2) is 69.9 Å². The first-order valence-corrected chi connectivity index (χ1v) is 13.7. The number of hydrogen-bond acceptors (Lipinski definition) is 8. The van der Waals surface area contributed by atoms with Gasteiger partial charge in [-0.3, -0.25) is 18.9 Å². The molecular weight excluding hydrogens is 506 g/mol. The van der Waals surface area contributed by atoms with Crippen molar-refractivity contribution >= 4 is 57.4 Å². The number of para-hydroxylation sites is 1. The molecule has 0 spiro atoms. The van der Waals surface area contributed by atoms with E-state index in [0.29, 0.717) is 45.9 Å². The Balaban J connectivity index is 1.33. The van der Waals surface area contributed by atoms with Gasteiger partial charge in [-0.25, -0.2) is 4.98 Å². The van der Waals surface area contributed by atoms with E-state index in [0.717, 1.165) is 32.5 Å². The Hall–Kier alpha value is -3.21. The van der Waals surface area contributed by atoms with E-state index in [1.54, 1.807) is 23.2 Å². The number of aromatic nitrogens is 2. The smallest absolute Gasteiger partial charge is 0.267 e. The van der Waals surface area contributed by atoms with Gasteiger partial charge in [0, 0.05) is 44.7 Å². The maximum absolute atomic E-state index is 13.7. The van der Waals surface area contributed by atoms with Gasteiger partial charge in [-0.2, -0.15) is 0 Å². The Bertz CT molecular complexity index is 1430. The molecule has 6 rings (SSSR count). The van der Waals surface area contributed by atoms with E-state index in [9.17, 15) is 9.59 Å². The second-order valence-electron chi connectivity index (χ2n) is 9.32. The molecule has 190 valence electrons. The second-order valence-corrected chi connectivity index (χ2v) is 11.0. The minimum Gasteiger partial charge on any atom is -0.376 e. The van der Waals surface area contributed by atoms with Gasteiger partial charge in [-0.05, 0) is 43.2 Å². The van der Waals surface area contributed by atoms with E-state index in [1.165, 1.54) is 21.8 Å². The minimum absolute atomic E-state index is 0.00582. The summed E-state index contributed by atoms with van der Waals surface area (Å²) < 4.78 is 7.74. The highest BCUT2D eigenvalue weighted by atomic mass is 32.2. The molecular formula is C27H27N5O3S2. The molecule has 3 aliphatic heterocycles. The van der Waals surface area contributed by atoms with Gasteiger partial charge in [0.25, 0.3) is 11.5 Å². The van der Waals surface area contributed by atoms with Crippen LogP contribution in [0.5, 0.6) is 0 Å². The molecule has 0 radical (unpaired) electrons. The monoisotopic (exact) mass is 533 g/mol. The van der Waals surface area contributed by atoms with Crippen LogP contribution in [-0.2, 0) is 9.53 Å². The molecule has 1 amide bonds. The lowest BCUT2D eigenvalue weighted by atomic mass is 10.2. The predicted octanol–water partition coefficient (Wildman–Crippen LogP) is 3.40. The number of carbonyl (C=O) groups is 1. The summed E-state index contributed by atoms with van der Waals surface area (Å²) in [6.07, 6.45) is 5.32. The van der Waals surface area contributed by atoms with Crippen LogP contribution >= 0.6 is 24.0 Å². The van der Waals surface area contributed by atoms with Crippen molar-refractivity contribution in [2.45, 2.75) is 18.9 Å². The summed E-state index contributed by atoms with van der Waals surface area (Å²) in [6.45, 7) is 4.21. The van der Waals surface area contributed by atoms with Gasteiger partial charge in [0.1, 0.15) is 15.8 Å². The lowest BCUT2D eigenvalue weighted by Gasteiger charge is -2.37. The molecule has 3 saturated heterocycles. The van der Waals surface area contributed by atoms with Crippen LogP contribution in [0.3, 0.4) is 0 Å². The van der Waals surface area contributed by atoms with Gasteiger partial charge >= 0.3 is 0 Å². The van der Waals surface area contributed by atoms with Gasteiger partial charge in [0.05, 0.1) is 23.1 Å². The number of thioether (sulfide) groups is 1. The molecule has 3 aliphatic rings. The summed E-state index contributed by atoms with van der Waals surface area (Å²) in [4.78, 5) is 38.4. The van der Waals surface area contributed by atoms with Gasteiger partial charge in [-0.1, -0.05) is 48.2 Å². The van der Waals surface area contributed by atoms with E-state index in [1.807, 2.05) is 30.3 Å². The summed E-state index contributed by atoms with van der Waals surface area (Å²) in [6, 6.07) is 15.8. The predicted molar refractivity (Wildman–Crippen MR) is 151 cm³/mol. The number of piperazine rings is 1. The van der Waals surface area contributed by atoms with E-state index in [2.05, 4.69) is 21.9 Å². The van der Waals surface area contributed by atoms with Crippen molar-refractivity contribution in [1.82, 2.24) is 14.3 Å². The van der Waals surface area contributed by atoms with Crippen LogP contribution in [0.2, 0.25) is 0 Å². The molecule has 0 unspecified atom stereocenters. The zero-order chi connectivity index (χ0) is 25.4. The summed E-state index contributed by atoms with van der Waals surface area (Å²) >= 11 is 6.77. The van der Waals surface area contributed by atoms with Crippen molar-refractivity contribution in [1.29, 1.82) is 0 Å². The number of amides is 1. The zero-order valence-electron chi connectivity index (χ0n) is 20.3. The molecule has 5 heterocycles. The average Bonchev–Trinajstić information content (AvgIpc) is 3.55. The molecule has 2 aromatic heterocycles. The molecule has 1 atom stereocenters. The SMILES string of the molecule is O=C1/C(=C/c2c(N3CCN(c4ccccc4)CC3)nc3ccccn3c2=O)SC(=S)N1C[C@H]1CCCO1. The third-order valence-corrected chi connectivity index (χ3v) is 8.39. The number of thiocarbonyl (C=S) groups is 1. The number of anilines is 2. The Labute approximate surface area is 224 Å². The average molecular weight is 534 g/mol. The molecule has 10 heteroatoms. The molecule has 0 bridgehead atoms. The standard InChI is InChI=1S/C27H27N5O3S2/c33-25-21(17-22-26(34)32(27(36)37-22)18-20-9-6-16-35-20)24(28-23-10-4-5-11-31(23)25)30-14-12-29(13-15-30)19-7-2-1-3-8-19/h1-5,7-8,10-11,17,20H,6,9,12-16,18H2/b22-17-/t20-/m1/s1. The normalized spacial score (nSPS) is 21.6. The highest BCUT2D eigenvalue weighted by Crippen LogP contribution is 2.34. The molecule has 0 N–H and O–H groups in total. The van der Waals surface area contributed by atoms with Crippen LogP contribution in [0.15, 0.2) is 64.4 Å². The maximum atomic E-state index is 13.7. The van der Waals surface area contributed by atoms with Crippen molar-refractivity contribution < 1.29 is 9.53 Å². The number of carbonyl (C=O) groups excluding carboxylic acids is 1. The number of fused-ring (bicyclic) bond motifs is 1. The van der Waals surface area contributed by atoms with E-state index in [-0.39, 0.29) is 17.6 Å². The van der Waals surface area contributed by atoms with Crippen molar-refractivity contribution in [2.75, 3.05) is 49.1 Å². The van der Waals surface area contributed by atoms with Gasteiger partial charge < -0.3 is 14.5 Å². The summed E-state index contributed by atoms with van der Waals surface area (Å²) in [5.41, 5.74) is 1.98.